The second-order valence-corrected chi connectivity index (χ2v) is 1.97. The molecule has 0 aliphatic carbocycles. The minimum atomic E-state index is 0. The zero-order valence-corrected chi connectivity index (χ0v) is 5.91. The van der Waals surface area contributed by atoms with Crippen molar-refractivity contribution in [2.45, 2.75) is 12.5 Å². The zero-order chi connectivity index (χ0) is 5.82. The molecule has 1 aliphatic rings. The van der Waals surface area contributed by atoms with Gasteiger partial charge in [0.2, 0.25) is 6.41 Å². The van der Waals surface area contributed by atoms with Crippen molar-refractivity contribution in [1.29, 1.82) is 0 Å². The first-order chi connectivity index (χ1) is 3.93. The normalized spacial score (nSPS) is 24.7. The lowest BCUT2D eigenvalue weighted by Gasteiger charge is -2.02. The lowest BCUT2D eigenvalue weighted by Crippen LogP contribution is -2.29. The Morgan fingerprint density at radius 2 is 2.44 bits per heavy atom. The molecule has 1 amide bonds. The molecule has 4 heteroatoms. The Labute approximate surface area is 60.6 Å². The van der Waals surface area contributed by atoms with E-state index < -0.39 is 0 Å². The molecular weight excluding hydrogens is 140 g/mol. The van der Waals surface area contributed by atoms with Gasteiger partial charge in [-0.2, -0.15) is 0 Å². The maximum atomic E-state index is 9.82. The fraction of sp³-hybridized carbons (Fsp3) is 0.800. The van der Waals surface area contributed by atoms with Gasteiger partial charge in [0.05, 0.1) is 0 Å². The average Bonchev–Trinajstić information content (AvgIpc) is 2.19. The molecule has 3 nitrogen and oxygen atoms in total. The van der Waals surface area contributed by atoms with E-state index in [-0.39, 0.29) is 12.4 Å². The lowest BCUT2D eigenvalue weighted by atomic mass is 10.3. The maximum absolute atomic E-state index is 9.82. The summed E-state index contributed by atoms with van der Waals surface area (Å²) in [6.45, 7) is 1.96. The predicted molar refractivity (Wildman–Crippen MR) is 37.7 cm³/mol. The molecule has 0 saturated carbocycles. The van der Waals surface area contributed by atoms with E-state index in [0.29, 0.717) is 6.04 Å². The maximum Gasteiger partial charge on any atom is 0.207 e. The van der Waals surface area contributed by atoms with Crippen LogP contribution in [0.15, 0.2) is 0 Å². The molecule has 1 rings (SSSR count). The Kier molecular flexibility index (Phi) is 4.44. The van der Waals surface area contributed by atoms with Gasteiger partial charge in [-0.05, 0) is 13.0 Å². The molecule has 0 aromatic heterocycles. The van der Waals surface area contributed by atoms with Crippen LogP contribution in [0, 0.1) is 0 Å². The number of hydrogen-bond donors (Lipinski definition) is 2. The van der Waals surface area contributed by atoms with Crippen LogP contribution in [0.1, 0.15) is 6.42 Å². The summed E-state index contributed by atoms with van der Waals surface area (Å²) in [4.78, 5) is 9.82. The summed E-state index contributed by atoms with van der Waals surface area (Å²) in [6, 6.07) is 0.382. The van der Waals surface area contributed by atoms with E-state index >= 15 is 0 Å². The largest absolute Gasteiger partial charge is 0.355 e. The monoisotopic (exact) mass is 150 g/mol. The van der Waals surface area contributed by atoms with Crippen molar-refractivity contribution in [2.75, 3.05) is 13.1 Å². The van der Waals surface area contributed by atoms with Gasteiger partial charge in [0.1, 0.15) is 0 Å². The van der Waals surface area contributed by atoms with Crippen molar-refractivity contribution >= 4 is 18.8 Å². The Hall–Kier alpha value is -0.280. The van der Waals surface area contributed by atoms with Crippen molar-refractivity contribution in [1.82, 2.24) is 10.6 Å². The van der Waals surface area contributed by atoms with Crippen molar-refractivity contribution in [3.8, 4) is 0 Å². The third kappa shape index (κ3) is 2.67. The first-order valence-electron chi connectivity index (χ1n) is 2.84. The van der Waals surface area contributed by atoms with Crippen LogP contribution in [0.25, 0.3) is 0 Å². The number of halogens is 1. The van der Waals surface area contributed by atoms with Gasteiger partial charge in [-0.1, -0.05) is 0 Å². The summed E-state index contributed by atoms with van der Waals surface area (Å²) in [6.07, 6.45) is 1.83. The Morgan fingerprint density at radius 1 is 1.67 bits per heavy atom. The zero-order valence-electron chi connectivity index (χ0n) is 5.09. The first-order valence-corrected chi connectivity index (χ1v) is 2.84. The van der Waals surface area contributed by atoms with E-state index in [4.69, 9.17) is 0 Å². The van der Waals surface area contributed by atoms with E-state index in [1.165, 1.54) is 0 Å². The number of carbonyl (C=O) groups is 1. The highest BCUT2D eigenvalue weighted by molar-refractivity contribution is 5.85. The van der Waals surface area contributed by atoms with E-state index in [0.717, 1.165) is 25.9 Å². The van der Waals surface area contributed by atoms with Gasteiger partial charge in [0.15, 0.2) is 0 Å². The van der Waals surface area contributed by atoms with Gasteiger partial charge < -0.3 is 10.6 Å². The van der Waals surface area contributed by atoms with Gasteiger partial charge in [-0.3, -0.25) is 4.79 Å². The molecule has 1 fully saturated rings. The third-order valence-corrected chi connectivity index (χ3v) is 1.36. The van der Waals surface area contributed by atoms with Crippen LogP contribution in [0.3, 0.4) is 0 Å². The molecule has 0 aromatic carbocycles. The van der Waals surface area contributed by atoms with E-state index in [9.17, 15) is 4.79 Å². The lowest BCUT2D eigenvalue weighted by molar-refractivity contribution is -0.110. The summed E-state index contributed by atoms with van der Waals surface area (Å²) in [5, 5.41) is 5.84. The van der Waals surface area contributed by atoms with E-state index in [1.807, 2.05) is 0 Å². The fourth-order valence-corrected chi connectivity index (χ4v) is 0.893. The van der Waals surface area contributed by atoms with Crippen LogP contribution in [0.5, 0.6) is 0 Å². The molecule has 1 atom stereocenters. The van der Waals surface area contributed by atoms with E-state index in [1.54, 1.807) is 0 Å². The second kappa shape index (κ2) is 4.58. The van der Waals surface area contributed by atoms with Crippen LogP contribution in [-0.4, -0.2) is 25.5 Å². The molecule has 0 radical (unpaired) electrons. The van der Waals surface area contributed by atoms with Gasteiger partial charge in [-0.15, -0.1) is 12.4 Å². The predicted octanol–water partition coefficient (Wildman–Crippen LogP) is -0.484. The third-order valence-electron chi connectivity index (χ3n) is 1.36. The molecule has 0 bridgehead atoms. The molecule has 1 heterocycles. The number of hydrogen-bond acceptors (Lipinski definition) is 2. The smallest absolute Gasteiger partial charge is 0.207 e. The molecule has 2 N–H and O–H groups in total. The molecule has 0 aromatic rings. The molecule has 1 aliphatic heterocycles. The highest BCUT2D eigenvalue weighted by Crippen LogP contribution is 1.93. The highest BCUT2D eigenvalue weighted by atomic mass is 35.5. The first kappa shape index (κ1) is 8.72. The minimum absolute atomic E-state index is 0. The average molecular weight is 151 g/mol. The fourth-order valence-electron chi connectivity index (χ4n) is 0.893. The quantitative estimate of drug-likeness (QED) is 0.522. The molecule has 0 spiro atoms. The SMILES string of the molecule is Cl.O=CNC1CCNC1. The summed E-state index contributed by atoms with van der Waals surface area (Å²) < 4.78 is 0. The van der Waals surface area contributed by atoms with Crippen LogP contribution in [0.2, 0.25) is 0 Å². The van der Waals surface area contributed by atoms with Gasteiger partial charge in [0, 0.05) is 12.6 Å². The van der Waals surface area contributed by atoms with Crippen LogP contribution >= 0.6 is 12.4 Å². The van der Waals surface area contributed by atoms with Crippen molar-refractivity contribution in [3.05, 3.63) is 0 Å². The van der Waals surface area contributed by atoms with Crippen LogP contribution in [-0.2, 0) is 4.79 Å². The Morgan fingerprint density at radius 3 is 2.89 bits per heavy atom. The highest BCUT2D eigenvalue weighted by Gasteiger charge is 2.11. The second-order valence-electron chi connectivity index (χ2n) is 1.97. The molecule has 54 valence electrons. The summed E-state index contributed by atoms with van der Waals surface area (Å²) >= 11 is 0. The standard InChI is InChI=1S/C5H10N2O.ClH/c8-4-7-5-1-2-6-3-5;/h4-6H,1-3H2,(H,7,8);1H. The summed E-state index contributed by atoms with van der Waals surface area (Å²) in [7, 11) is 0. The Bertz CT molecular complexity index is 83.0. The van der Waals surface area contributed by atoms with Gasteiger partial charge in [-0.25, -0.2) is 0 Å². The number of rotatable bonds is 2. The topological polar surface area (TPSA) is 41.1 Å². The van der Waals surface area contributed by atoms with E-state index in [2.05, 4.69) is 10.6 Å². The van der Waals surface area contributed by atoms with Crippen LogP contribution in [0.4, 0.5) is 0 Å². The van der Waals surface area contributed by atoms with Gasteiger partial charge in [0.25, 0.3) is 0 Å². The number of amides is 1. The van der Waals surface area contributed by atoms with Crippen molar-refractivity contribution in [2.24, 2.45) is 0 Å². The summed E-state index contributed by atoms with van der Waals surface area (Å²) in [5.41, 5.74) is 0. The molecule has 1 unspecified atom stereocenters. The van der Waals surface area contributed by atoms with Crippen molar-refractivity contribution < 1.29 is 4.79 Å². The van der Waals surface area contributed by atoms with Crippen LogP contribution < -0.4 is 10.6 Å². The molecule has 9 heavy (non-hydrogen) atoms. The van der Waals surface area contributed by atoms with Crippen molar-refractivity contribution in [3.63, 3.8) is 0 Å². The van der Waals surface area contributed by atoms with Gasteiger partial charge >= 0.3 is 0 Å². The Balaban J connectivity index is 0.000000640. The summed E-state index contributed by atoms with van der Waals surface area (Å²) in [5.74, 6) is 0. The number of nitrogens with one attached hydrogen (secondary N) is 2. The number of carbonyl (C=O) groups excluding carboxylic acids is 1. The molecular formula is C5H11ClN2O. The molecule has 1 saturated heterocycles. The minimum Gasteiger partial charge on any atom is -0.355 e.